The summed E-state index contributed by atoms with van der Waals surface area (Å²) in [4.78, 5) is 23.3. The predicted octanol–water partition coefficient (Wildman–Crippen LogP) is 4.74. The molecule has 0 fully saturated rings. The summed E-state index contributed by atoms with van der Waals surface area (Å²) in [5.41, 5.74) is 2.33. The molecule has 0 aliphatic carbocycles. The van der Waals surface area contributed by atoms with Crippen LogP contribution in [0, 0.1) is 17.0 Å². The van der Waals surface area contributed by atoms with E-state index < -0.39 is 10.8 Å². The number of ether oxygens (including phenoxy) is 2. The second-order valence-electron chi connectivity index (χ2n) is 6.37. The van der Waals surface area contributed by atoms with Crippen molar-refractivity contribution in [3.05, 3.63) is 93.5 Å². The first-order chi connectivity index (χ1) is 14.0. The molecule has 3 aromatic rings. The van der Waals surface area contributed by atoms with Crippen LogP contribution >= 0.6 is 0 Å². The van der Waals surface area contributed by atoms with Gasteiger partial charge in [0.2, 0.25) is 0 Å². The molecule has 148 valence electrons. The molecular formula is C22H20N2O5. The lowest BCUT2D eigenvalue weighted by Crippen LogP contribution is -2.13. The number of nitrogens with zero attached hydrogens (tertiary/aromatic N) is 1. The molecule has 0 spiro atoms. The molecule has 3 aromatic carbocycles. The number of hydrogen-bond donors (Lipinski definition) is 1. The molecule has 0 heterocycles. The second-order valence-corrected chi connectivity index (χ2v) is 6.37. The maximum absolute atomic E-state index is 12.7. The summed E-state index contributed by atoms with van der Waals surface area (Å²) < 4.78 is 10.9. The van der Waals surface area contributed by atoms with Crippen molar-refractivity contribution in [3.63, 3.8) is 0 Å². The number of anilines is 1. The van der Waals surface area contributed by atoms with E-state index in [0.29, 0.717) is 18.0 Å². The van der Waals surface area contributed by atoms with Crippen LogP contribution in [0.1, 0.15) is 21.5 Å². The predicted molar refractivity (Wildman–Crippen MR) is 110 cm³/mol. The highest BCUT2D eigenvalue weighted by Crippen LogP contribution is 2.30. The third-order valence-electron chi connectivity index (χ3n) is 4.26. The zero-order chi connectivity index (χ0) is 20.8. The number of nitro benzene ring substituents is 1. The highest BCUT2D eigenvalue weighted by Gasteiger charge is 2.19. The first-order valence-electron chi connectivity index (χ1n) is 8.89. The van der Waals surface area contributed by atoms with E-state index in [9.17, 15) is 14.9 Å². The summed E-state index contributed by atoms with van der Waals surface area (Å²) >= 11 is 0. The Kier molecular flexibility index (Phi) is 6.09. The summed E-state index contributed by atoms with van der Waals surface area (Å²) in [5, 5.41) is 14.0. The topological polar surface area (TPSA) is 90.7 Å². The molecule has 1 N–H and O–H groups in total. The Balaban J connectivity index is 1.81. The minimum atomic E-state index is -0.587. The fraction of sp³-hybridized carbons (Fsp3) is 0.136. The summed E-state index contributed by atoms with van der Waals surface area (Å²) in [6.45, 7) is 2.27. The van der Waals surface area contributed by atoms with Gasteiger partial charge in [0.25, 0.3) is 5.91 Å². The fourth-order valence-corrected chi connectivity index (χ4v) is 2.76. The van der Waals surface area contributed by atoms with Crippen LogP contribution in [-0.4, -0.2) is 17.9 Å². The molecule has 0 aliphatic heterocycles. The first-order valence-corrected chi connectivity index (χ1v) is 8.89. The molecule has 0 unspecified atom stereocenters. The van der Waals surface area contributed by atoms with E-state index in [4.69, 9.17) is 9.47 Å². The Labute approximate surface area is 168 Å². The van der Waals surface area contributed by atoms with Crippen molar-refractivity contribution in [1.82, 2.24) is 0 Å². The summed E-state index contributed by atoms with van der Waals surface area (Å²) in [5.74, 6) is 0.128. The number of benzene rings is 3. The van der Waals surface area contributed by atoms with Crippen molar-refractivity contribution in [2.75, 3.05) is 12.4 Å². The Morgan fingerprint density at radius 3 is 2.48 bits per heavy atom. The van der Waals surface area contributed by atoms with Gasteiger partial charge in [0, 0.05) is 11.6 Å². The van der Waals surface area contributed by atoms with Gasteiger partial charge in [-0.05, 0) is 42.3 Å². The van der Waals surface area contributed by atoms with Crippen molar-refractivity contribution in [3.8, 4) is 11.5 Å². The van der Waals surface area contributed by atoms with E-state index in [2.05, 4.69) is 5.32 Å². The van der Waals surface area contributed by atoms with Gasteiger partial charge in [-0.3, -0.25) is 14.9 Å². The minimum Gasteiger partial charge on any atom is -0.490 e. The van der Waals surface area contributed by atoms with Crippen molar-refractivity contribution in [2.24, 2.45) is 0 Å². The van der Waals surface area contributed by atoms with Crippen LogP contribution in [0.3, 0.4) is 0 Å². The first kappa shape index (κ1) is 19.9. The molecule has 0 saturated heterocycles. The lowest BCUT2D eigenvalue weighted by atomic mass is 10.1. The van der Waals surface area contributed by atoms with Gasteiger partial charge in [-0.25, -0.2) is 0 Å². The van der Waals surface area contributed by atoms with E-state index in [0.717, 1.165) is 11.1 Å². The molecule has 0 bridgehead atoms. The number of carbonyl (C=O) groups excluding carboxylic acids is 1. The monoisotopic (exact) mass is 392 g/mol. The fourth-order valence-electron chi connectivity index (χ4n) is 2.76. The standard InChI is InChI=1S/C22H20N2O5/c1-15-8-10-18(21(12-15)29-14-16-6-4-3-5-7-16)23-22(25)17-9-11-20(28-2)19(13-17)24(26)27/h3-13H,14H2,1-2H3,(H,23,25). The molecule has 3 rings (SSSR count). The van der Waals surface area contributed by atoms with Gasteiger partial charge in [0.15, 0.2) is 5.75 Å². The van der Waals surface area contributed by atoms with Crippen LogP contribution in [0.5, 0.6) is 11.5 Å². The van der Waals surface area contributed by atoms with Gasteiger partial charge in [-0.2, -0.15) is 0 Å². The Morgan fingerprint density at radius 2 is 1.79 bits per heavy atom. The third-order valence-corrected chi connectivity index (χ3v) is 4.26. The molecular weight excluding hydrogens is 372 g/mol. The van der Waals surface area contributed by atoms with Gasteiger partial charge < -0.3 is 14.8 Å². The smallest absolute Gasteiger partial charge is 0.311 e. The average molecular weight is 392 g/mol. The Hall–Kier alpha value is -3.87. The minimum absolute atomic E-state index is 0.0915. The van der Waals surface area contributed by atoms with Gasteiger partial charge in [0.1, 0.15) is 12.4 Å². The summed E-state index contributed by atoms with van der Waals surface area (Å²) in [6, 6.07) is 19.1. The zero-order valence-corrected chi connectivity index (χ0v) is 16.0. The number of nitrogens with one attached hydrogen (secondary N) is 1. The van der Waals surface area contributed by atoms with Crippen LogP contribution in [-0.2, 0) is 6.61 Å². The number of rotatable bonds is 7. The highest BCUT2D eigenvalue weighted by atomic mass is 16.6. The van der Waals surface area contributed by atoms with E-state index in [1.807, 2.05) is 49.4 Å². The van der Waals surface area contributed by atoms with Crippen LogP contribution in [0.25, 0.3) is 0 Å². The van der Waals surface area contributed by atoms with Crippen molar-refractivity contribution in [2.45, 2.75) is 13.5 Å². The van der Waals surface area contributed by atoms with Gasteiger partial charge >= 0.3 is 5.69 Å². The largest absolute Gasteiger partial charge is 0.490 e. The molecule has 0 radical (unpaired) electrons. The number of methoxy groups -OCH3 is 1. The van der Waals surface area contributed by atoms with Crippen molar-refractivity contribution >= 4 is 17.3 Å². The summed E-state index contributed by atoms with van der Waals surface area (Å²) in [7, 11) is 1.34. The zero-order valence-electron chi connectivity index (χ0n) is 16.0. The van der Waals surface area contributed by atoms with E-state index in [1.54, 1.807) is 6.07 Å². The molecule has 1 amide bonds. The quantitative estimate of drug-likeness (QED) is 0.463. The normalized spacial score (nSPS) is 10.3. The molecule has 0 aliphatic rings. The summed E-state index contributed by atoms with van der Waals surface area (Å²) in [6.07, 6.45) is 0. The van der Waals surface area contributed by atoms with Crippen LogP contribution in [0.15, 0.2) is 66.7 Å². The number of nitro groups is 1. The average Bonchev–Trinajstić information content (AvgIpc) is 2.74. The highest BCUT2D eigenvalue weighted by molar-refractivity contribution is 6.05. The molecule has 0 atom stereocenters. The van der Waals surface area contributed by atoms with Gasteiger partial charge in [0.05, 0.1) is 17.7 Å². The lowest BCUT2D eigenvalue weighted by molar-refractivity contribution is -0.385. The van der Waals surface area contributed by atoms with Crippen molar-refractivity contribution in [1.29, 1.82) is 0 Å². The van der Waals surface area contributed by atoms with Crippen LogP contribution < -0.4 is 14.8 Å². The van der Waals surface area contributed by atoms with Gasteiger partial charge in [-0.15, -0.1) is 0 Å². The SMILES string of the molecule is COc1ccc(C(=O)Nc2ccc(C)cc2OCc2ccccc2)cc1[N+](=O)[O-]. The molecule has 29 heavy (non-hydrogen) atoms. The van der Waals surface area contributed by atoms with E-state index >= 15 is 0 Å². The van der Waals surface area contributed by atoms with Crippen molar-refractivity contribution < 1.29 is 19.2 Å². The lowest BCUT2D eigenvalue weighted by Gasteiger charge is -2.14. The molecule has 7 nitrogen and oxygen atoms in total. The Morgan fingerprint density at radius 1 is 1.03 bits per heavy atom. The molecule has 7 heteroatoms. The van der Waals surface area contributed by atoms with E-state index in [-0.39, 0.29) is 17.0 Å². The number of aryl methyl sites for hydroxylation is 1. The molecule has 0 saturated carbocycles. The number of carbonyl (C=O) groups is 1. The number of hydrogen-bond acceptors (Lipinski definition) is 5. The van der Waals surface area contributed by atoms with E-state index in [1.165, 1.54) is 25.3 Å². The van der Waals surface area contributed by atoms with Crippen LogP contribution in [0.2, 0.25) is 0 Å². The molecule has 0 aromatic heterocycles. The maximum Gasteiger partial charge on any atom is 0.311 e. The second kappa shape index (κ2) is 8.88. The van der Waals surface area contributed by atoms with Gasteiger partial charge in [-0.1, -0.05) is 36.4 Å². The number of amides is 1. The maximum atomic E-state index is 12.7. The Bertz CT molecular complexity index is 1030. The third kappa shape index (κ3) is 4.90. The van der Waals surface area contributed by atoms with Crippen LogP contribution in [0.4, 0.5) is 11.4 Å².